The summed E-state index contributed by atoms with van der Waals surface area (Å²) in [6.07, 6.45) is 0. The third-order valence-corrected chi connectivity index (χ3v) is 6.79. The number of rotatable bonds is 6. The zero-order chi connectivity index (χ0) is 21.3. The summed E-state index contributed by atoms with van der Waals surface area (Å²) in [6.45, 7) is 3.46. The van der Waals surface area contributed by atoms with Gasteiger partial charge >= 0.3 is 0 Å². The number of halogens is 1. The number of anilines is 1. The number of hydrogen-bond acceptors (Lipinski definition) is 6. The number of fused-ring (bicyclic) bond motifs is 1. The van der Waals surface area contributed by atoms with Crippen LogP contribution in [-0.4, -0.2) is 31.3 Å². The zero-order valence-corrected chi connectivity index (χ0v) is 17.8. The van der Waals surface area contributed by atoms with E-state index in [0.29, 0.717) is 10.2 Å². The molecule has 0 aliphatic heterocycles. The average molecular weight is 453 g/mol. The van der Waals surface area contributed by atoms with Crippen LogP contribution in [0.4, 0.5) is 5.13 Å². The molecule has 0 radical (unpaired) electrons. The van der Waals surface area contributed by atoms with E-state index < -0.39 is 21.8 Å². The molecule has 4 N–H and O–H groups in total. The van der Waals surface area contributed by atoms with Crippen molar-refractivity contribution >= 4 is 60.1 Å². The largest absolute Gasteiger partial charge is 0.366 e. The third-order valence-electron chi connectivity index (χ3n) is 3.79. The van der Waals surface area contributed by atoms with Crippen LogP contribution in [0, 0.1) is 0 Å². The number of primary amides is 1. The highest BCUT2D eigenvalue weighted by Gasteiger charge is 2.19. The molecule has 0 bridgehead atoms. The van der Waals surface area contributed by atoms with Crippen LogP contribution in [0.5, 0.6) is 0 Å². The van der Waals surface area contributed by atoms with Gasteiger partial charge in [0.05, 0.1) is 31.3 Å². The quantitative estimate of drug-likeness (QED) is 0.529. The molecule has 1 heterocycles. The first-order valence-electron chi connectivity index (χ1n) is 8.41. The minimum absolute atomic E-state index is 0.0381. The molecule has 0 saturated heterocycles. The summed E-state index contributed by atoms with van der Waals surface area (Å²) in [5.74, 6) is -1.31. The van der Waals surface area contributed by atoms with Gasteiger partial charge in [-0.25, -0.2) is 18.1 Å². The molecular formula is C18H17ClN4O4S2. The van der Waals surface area contributed by atoms with Gasteiger partial charge in [0.25, 0.3) is 5.91 Å². The number of sulfonamides is 1. The maximum atomic E-state index is 12.5. The number of nitrogens with two attached hydrogens (primary N) is 1. The molecule has 29 heavy (non-hydrogen) atoms. The number of carbonyl (C=O) groups is 2. The first-order chi connectivity index (χ1) is 13.6. The molecule has 3 rings (SSSR count). The standard InChI is InChI=1S/C18H17ClN4O4S2/c1-9(2)23-29(26,27)10-6-7-13-14(8-10)28-18(21-13)22-17(25)12-5-3-4-11(15(12)19)16(20)24/h3-9,23H,1-2H3,(H2,20,24)(H,21,22,25). The summed E-state index contributed by atoms with van der Waals surface area (Å²) < 4.78 is 27.8. The van der Waals surface area contributed by atoms with Crippen molar-refractivity contribution in [1.29, 1.82) is 0 Å². The van der Waals surface area contributed by atoms with E-state index in [1.54, 1.807) is 19.9 Å². The lowest BCUT2D eigenvalue weighted by atomic mass is 10.1. The zero-order valence-electron chi connectivity index (χ0n) is 15.4. The van der Waals surface area contributed by atoms with Gasteiger partial charge in [-0.15, -0.1) is 0 Å². The second-order valence-corrected chi connectivity index (χ2v) is 9.53. The maximum Gasteiger partial charge on any atom is 0.258 e. The fourth-order valence-electron chi connectivity index (χ4n) is 2.57. The van der Waals surface area contributed by atoms with Gasteiger partial charge in [0.15, 0.2) is 5.13 Å². The molecule has 0 fully saturated rings. The second-order valence-electron chi connectivity index (χ2n) is 6.41. The molecule has 0 saturated carbocycles. The Hall–Kier alpha value is -2.53. The predicted octanol–water partition coefficient (Wildman–Crippen LogP) is 2.99. The van der Waals surface area contributed by atoms with Gasteiger partial charge in [-0.1, -0.05) is 29.0 Å². The van der Waals surface area contributed by atoms with Crippen LogP contribution in [0.1, 0.15) is 34.6 Å². The Morgan fingerprint density at radius 2 is 1.86 bits per heavy atom. The van der Waals surface area contributed by atoms with E-state index in [1.807, 2.05) is 0 Å². The lowest BCUT2D eigenvalue weighted by Crippen LogP contribution is -2.30. The van der Waals surface area contributed by atoms with Crippen molar-refractivity contribution in [2.75, 3.05) is 5.32 Å². The van der Waals surface area contributed by atoms with Gasteiger partial charge in [0, 0.05) is 6.04 Å². The Labute approximate surface area is 176 Å². The topological polar surface area (TPSA) is 131 Å². The van der Waals surface area contributed by atoms with Gasteiger partial charge < -0.3 is 5.73 Å². The summed E-state index contributed by atoms with van der Waals surface area (Å²) in [7, 11) is -3.65. The lowest BCUT2D eigenvalue weighted by molar-refractivity contribution is 0.100. The van der Waals surface area contributed by atoms with E-state index in [2.05, 4.69) is 15.0 Å². The Balaban J connectivity index is 1.89. The second kappa shape index (κ2) is 8.07. The van der Waals surface area contributed by atoms with Gasteiger partial charge in [-0.2, -0.15) is 0 Å². The Morgan fingerprint density at radius 1 is 1.17 bits per heavy atom. The summed E-state index contributed by atoms with van der Waals surface area (Å²) in [6, 6.07) is 8.65. The number of amides is 2. The molecule has 0 atom stereocenters. The monoisotopic (exact) mass is 452 g/mol. The van der Waals surface area contributed by atoms with Crippen LogP contribution in [0.2, 0.25) is 5.02 Å². The smallest absolute Gasteiger partial charge is 0.258 e. The lowest BCUT2D eigenvalue weighted by Gasteiger charge is -2.09. The number of carbonyl (C=O) groups excluding carboxylic acids is 2. The number of nitrogens with one attached hydrogen (secondary N) is 2. The highest BCUT2D eigenvalue weighted by atomic mass is 35.5. The van der Waals surface area contributed by atoms with Crippen LogP contribution in [0.3, 0.4) is 0 Å². The molecule has 2 amide bonds. The van der Waals surface area contributed by atoms with E-state index in [4.69, 9.17) is 17.3 Å². The molecule has 1 aromatic heterocycles. The van der Waals surface area contributed by atoms with E-state index in [1.165, 1.54) is 30.3 Å². The molecule has 2 aromatic carbocycles. The van der Waals surface area contributed by atoms with Crippen molar-refractivity contribution in [2.45, 2.75) is 24.8 Å². The molecule has 8 nitrogen and oxygen atoms in total. The summed E-state index contributed by atoms with van der Waals surface area (Å²) in [5, 5.41) is 2.82. The van der Waals surface area contributed by atoms with Gasteiger partial charge in [0.1, 0.15) is 0 Å². The number of benzene rings is 2. The van der Waals surface area contributed by atoms with Crippen LogP contribution >= 0.6 is 22.9 Å². The fraction of sp³-hybridized carbons (Fsp3) is 0.167. The van der Waals surface area contributed by atoms with E-state index in [-0.39, 0.29) is 32.2 Å². The van der Waals surface area contributed by atoms with Crippen molar-refractivity contribution in [3.63, 3.8) is 0 Å². The number of thiazole rings is 1. The molecule has 0 unspecified atom stereocenters. The van der Waals surface area contributed by atoms with Crippen LogP contribution in [-0.2, 0) is 10.0 Å². The molecule has 152 valence electrons. The maximum absolute atomic E-state index is 12.5. The van der Waals surface area contributed by atoms with Crippen molar-refractivity contribution in [2.24, 2.45) is 5.73 Å². The summed E-state index contributed by atoms with van der Waals surface area (Å²) in [5.41, 5.74) is 5.89. The Kier molecular flexibility index (Phi) is 5.90. The van der Waals surface area contributed by atoms with Crippen molar-refractivity contribution in [3.05, 3.63) is 52.5 Å². The van der Waals surface area contributed by atoms with E-state index in [0.717, 1.165) is 11.3 Å². The Bertz CT molecular complexity index is 1220. The third kappa shape index (κ3) is 4.56. The molecule has 0 aliphatic carbocycles. The normalized spacial score (nSPS) is 11.7. The average Bonchev–Trinajstić information content (AvgIpc) is 3.01. The first kappa shape index (κ1) is 21.2. The predicted molar refractivity (Wildman–Crippen MR) is 113 cm³/mol. The van der Waals surface area contributed by atoms with Crippen molar-refractivity contribution in [1.82, 2.24) is 9.71 Å². The van der Waals surface area contributed by atoms with Gasteiger partial charge in [-0.05, 0) is 44.2 Å². The van der Waals surface area contributed by atoms with Gasteiger partial charge in [0.2, 0.25) is 15.9 Å². The van der Waals surface area contributed by atoms with Crippen LogP contribution in [0.15, 0.2) is 41.3 Å². The van der Waals surface area contributed by atoms with Crippen LogP contribution < -0.4 is 15.8 Å². The highest BCUT2D eigenvalue weighted by molar-refractivity contribution is 7.89. The highest BCUT2D eigenvalue weighted by Crippen LogP contribution is 2.29. The molecular weight excluding hydrogens is 436 g/mol. The summed E-state index contributed by atoms with van der Waals surface area (Å²) >= 11 is 7.22. The van der Waals surface area contributed by atoms with Crippen molar-refractivity contribution < 1.29 is 18.0 Å². The Morgan fingerprint density at radius 3 is 2.52 bits per heavy atom. The molecule has 0 spiro atoms. The fourth-order valence-corrected chi connectivity index (χ4v) is 5.12. The van der Waals surface area contributed by atoms with E-state index >= 15 is 0 Å². The number of nitrogens with zero attached hydrogens (tertiary/aromatic N) is 1. The molecule has 0 aliphatic rings. The summed E-state index contributed by atoms with van der Waals surface area (Å²) in [4.78, 5) is 28.3. The van der Waals surface area contributed by atoms with Gasteiger partial charge in [-0.3, -0.25) is 14.9 Å². The van der Waals surface area contributed by atoms with Crippen molar-refractivity contribution in [3.8, 4) is 0 Å². The first-order valence-corrected chi connectivity index (χ1v) is 11.1. The minimum Gasteiger partial charge on any atom is -0.366 e. The minimum atomic E-state index is -3.65. The van der Waals surface area contributed by atoms with E-state index in [9.17, 15) is 18.0 Å². The van der Waals surface area contributed by atoms with Crippen LogP contribution in [0.25, 0.3) is 10.2 Å². The SMILES string of the molecule is CC(C)NS(=O)(=O)c1ccc2nc(NC(=O)c3cccc(C(N)=O)c3Cl)sc2c1. The molecule has 3 aromatic rings. The number of hydrogen-bond donors (Lipinski definition) is 3. The molecule has 11 heteroatoms. The number of aromatic nitrogens is 1.